The molecular weight excluding hydrogens is 428 g/mol. The van der Waals surface area contributed by atoms with Gasteiger partial charge < -0.3 is 14.8 Å². The molecule has 7 heteroatoms. The maximum Gasteiger partial charge on any atom is 0.356 e. The number of terminal acetylenes is 1. The van der Waals surface area contributed by atoms with E-state index < -0.39 is 12.0 Å². The molecule has 2 heterocycles. The number of hydrogen-bond acceptors (Lipinski definition) is 5. The summed E-state index contributed by atoms with van der Waals surface area (Å²) in [4.78, 5) is 28.4. The van der Waals surface area contributed by atoms with E-state index in [-0.39, 0.29) is 16.3 Å². The first-order valence-electron chi connectivity index (χ1n) is 9.79. The first-order valence-corrected chi connectivity index (χ1v) is 10.2. The number of carboxylic acids is 1. The van der Waals surface area contributed by atoms with Gasteiger partial charge in [-0.2, -0.15) is 0 Å². The number of aryl methyl sites for hydroxylation is 1. The van der Waals surface area contributed by atoms with Gasteiger partial charge in [0.1, 0.15) is 16.5 Å². The first kappa shape index (κ1) is 22.9. The number of benzene rings is 1. The minimum absolute atomic E-state index is 0.0778. The van der Waals surface area contributed by atoms with Crippen LogP contribution in [0, 0.1) is 19.3 Å². The van der Waals surface area contributed by atoms with Gasteiger partial charge in [-0.25, -0.2) is 9.78 Å². The second kappa shape index (κ2) is 9.54. The van der Waals surface area contributed by atoms with Crippen molar-refractivity contribution < 1.29 is 14.3 Å². The molecule has 2 N–H and O–H groups in total. The number of fused-ring (bicyclic) bond motifs is 1. The fourth-order valence-electron chi connectivity index (χ4n) is 3.39. The van der Waals surface area contributed by atoms with Gasteiger partial charge in [-0.3, -0.25) is 4.79 Å². The normalized spacial score (nSPS) is 12.7. The van der Waals surface area contributed by atoms with Gasteiger partial charge in [-0.05, 0) is 50.6 Å². The van der Waals surface area contributed by atoms with Crippen molar-refractivity contribution in [2.75, 3.05) is 5.32 Å². The highest BCUT2D eigenvalue weighted by Crippen LogP contribution is 2.30. The molecule has 6 nitrogen and oxygen atoms in total. The maximum atomic E-state index is 12.9. The first-order chi connectivity index (χ1) is 15.2. The van der Waals surface area contributed by atoms with Gasteiger partial charge in [-0.15, -0.1) is 6.42 Å². The van der Waals surface area contributed by atoms with Crippen molar-refractivity contribution in [2.45, 2.75) is 26.8 Å². The summed E-state index contributed by atoms with van der Waals surface area (Å²) < 4.78 is 6.14. The number of rotatable bonds is 6. The molecule has 0 spiro atoms. The van der Waals surface area contributed by atoms with Gasteiger partial charge >= 0.3 is 5.97 Å². The zero-order valence-corrected chi connectivity index (χ0v) is 18.5. The molecule has 0 aliphatic heterocycles. The SMILES string of the molecule is C#C/C=C(\C=C/C)c1cc(=O)c2cc(C)cc(C(C)Nc3ccc(Cl)nc3C(=O)O)c2o1. The van der Waals surface area contributed by atoms with Crippen LogP contribution < -0.4 is 10.7 Å². The summed E-state index contributed by atoms with van der Waals surface area (Å²) in [5, 5.41) is 13.1. The summed E-state index contributed by atoms with van der Waals surface area (Å²) in [5.41, 5.74) is 2.43. The number of anilines is 1. The maximum absolute atomic E-state index is 12.9. The van der Waals surface area contributed by atoms with Crippen molar-refractivity contribution in [1.82, 2.24) is 4.98 Å². The summed E-state index contributed by atoms with van der Waals surface area (Å²) in [6, 6.07) is 7.69. The van der Waals surface area contributed by atoms with Crippen LogP contribution in [-0.2, 0) is 0 Å². The van der Waals surface area contributed by atoms with Gasteiger partial charge in [0.15, 0.2) is 11.1 Å². The predicted octanol–water partition coefficient (Wildman–Crippen LogP) is 5.61. The third-order valence-corrected chi connectivity index (χ3v) is 4.98. The molecule has 1 unspecified atom stereocenters. The van der Waals surface area contributed by atoms with Gasteiger partial charge in [0.25, 0.3) is 0 Å². The Morgan fingerprint density at radius 3 is 2.75 bits per heavy atom. The average Bonchev–Trinajstić information content (AvgIpc) is 2.74. The van der Waals surface area contributed by atoms with Crippen LogP contribution in [0.25, 0.3) is 16.5 Å². The quantitative estimate of drug-likeness (QED) is 0.289. The Kier molecular flexibility index (Phi) is 6.82. The van der Waals surface area contributed by atoms with Crippen molar-refractivity contribution in [3.05, 3.63) is 86.5 Å². The Balaban J connectivity index is 2.18. The van der Waals surface area contributed by atoms with Crippen LogP contribution >= 0.6 is 11.6 Å². The summed E-state index contributed by atoms with van der Waals surface area (Å²) in [6.45, 7) is 5.55. The molecule has 0 bridgehead atoms. The lowest BCUT2D eigenvalue weighted by molar-refractivity contribution is 0.0691. The minimum atomic E-state index is -1.21. The minimum Gasteiger partial charge on any atom is -0.476 e. The number of carboxylic acid groups (broad SMARTS) is 1. The Bertz CT molecular complexity index is 1360. The number of carbonyl (C=O) groups is 1. The molecule has 162 valence electrons. The Hall–Kier alpha value is -3.82. The van der Waals surface area contributed by atoms with Crippen LogP contribution in [0.2, 0.25) is 5.15 Å². The molecule has 0 radical (unpaired) electrons. The third-order valence-electron chi connectivity index (χ3n) is 4.77. The van der Waals surface area contributed by atoms with Gasteiger partial charge in [0, 0.05) is 17.2 Å². The Morgan fingerprint density at radius 1 is 1.34 bits per heavy atom. The molecule has 1 aromatic carbocycles. The number of pyridine rings is 1. The van der Waals surface area contributed by atoms with Crippen LogP contribution in [0.15, 0.2) is 57.8 Å². The lowest BCUT2D eigenvalue weighted by Crippen LogP contribution is -2.14. The monoisotopic (exact) mass is 448 g/mol. The molecule has 3 rings (SSSR count). The van der Waals surface area contributed by atoms with Crippen molar-refractivity contribution >= 4 is 39.8 Å². The Morgan fingerprint density at radius 2 is 2.09 bits per heavy atom. The lowest BCUT2D eigenvalue weighted by Gasteiger charge is -2.19. The highest BCUT2D eigenvalue weighted by molar-refractivity contribution is 6.29. The smallest absolute Gasteiger partial charge is 0.356 e. The molecule has 0 fully saturated rings. The molecule has 2 aromatic heterocycles. The molecule has 0 saturated carbocycles. The zero-order chi connectivity index (χ0) is 23.4. The lowest BCUT2D eigenvalue weighted by atomic mass is 10.0. The molecule has 0 saturated heterocycles. The number of aromatic carboxylic acids is 1. The van der Waals surface area contributed by atoms with E-state index in [1.54, 1.807) is 24.3 Å². The number of allylic oxidation sites excluding steroid dienone is 4. The zero-order valence-electron chi connectivity index (χ0n) is 17.8. The van der Waals surface area contributed by atoms with Crippen LogP contribution in [0.3, 0.4) is 0 Å². The fraction of sp³-hybridized carbons (Fsp3) is 0.160. The molecule has 0 aliphatic rings. The standard InChI is InChI=1S/C25H21ClN2O4/c1-5-7-16(8-6-2)21-13-20(29)18-12-14(3)11-17(24(18)32-21)15(4)27-19-9-10-22(26)28-23(19)25(30)31/h1,6-13,15,27H,2-4H3,(H,30,31)/b8-6-,16-7+. The highest BCUT2D eigenvalue weighted by Gasteiger charge is 2.19. The van der Waals surface area contributed by atoms with Gasteiger partial charge in [0.05, 0.1) is 17.1 Å². The largest absolute Gasteiger partial charge is 0.476 e. The van der Waals surface area contributed by atoms with E-state index in [4.69, 9.17) is 22.4 Å². The number of nitrogens with zero attached hydrogens (tertiary/aromatic N) is 1. The predicted molar refractivity (Wildman–Crippen MR) is 127 cm³/mol. The highest BCUT2D eigenvalue weighted by atomic mass is 35.5. The average molecular weight is 449 g/mol. The van der Waals surface area contributed by atoms with Crippen molar-refractivity contribution in [3.8, 4) is 12.3 Å². The van der Waals surface area contributed by atoms with Gasteiger partial charge in [-0.1, -0.05) is 35.7 Å². The van der Waals surface area contributed by atoms with E-state index in [0.29, 0.717) is 33.6 Å². The van der Waals surface area contributed by atoms with E-state index >= 15 is 0 Å². The van der Waals surface area contributed by atoms with Crippen molar-refractivity contribution in [1.29, 1.82) is 0 Å². The summed E-state index contributed by atoms with van der Waals surface area (Å²) in [6.07, 6.45) is 10.5. The van der Waals surface area contributed by atoms with Crippen LogP contribution in [-0.4, -0.2) is 16.1 Å². The summed E-state index contributed by atoms with van der Waals surface area (Å²) in [7, 11) is 0. The van der Waals surface area contributed by atoms with E-state index in [1.165, 1.54) is 18.2 Å². The van der Waals surface area contributed by atoms with Gasteiger partial charge in [0.2, 0.25) is 0 Å². The van der Waals surface area contributed by atoms with Crippen molar-refractivity contribution in [2.24, 2.45) is 0 Å². The fourth-order valence-corrected chi connectivity index (χ4v) is 3.54. The molecule has 3 aromatic rings. The topological polar surface area (TPSA) is 92.4 Å². The molecule has 32 heavy (non-hydrogen) atoms. The van der Waals surface area contributed by atoms with Crippen molar-refractivity contribution in [3.63, 3.8) is 0 Å². The van der Waals surface area contributed by atoms with E-state index in [2.05, 4.69) is 16.2 Å². The van der Waals surface area contributed by atoms with E-state index in [0.717, 1.165) is 5.56 Å². The second-order valence-electron chi connectivity index (χ2n) is 7.17. The number of hydrogen-bond donors (Lipinski definition) is 2. The second-order valence-corrected chi connectivity index (χ2v) is 7.56. The molecule has 0 amide bonds. The third kappa shape index (κ3) is 4.74. The molecular formula is C25H21ClN2O4. The summed E-state index contributed by atoms with van der Waals surface area (Å²) in [5.74, 6) is 1.59. The Labute approximate surface area is 190 Å². The van der Waals surface area contributed by atoms with E-state index in [1.807, 2.05) is 26.8 Å². The van der Waals surface area contributed by atoms with E-state index in [9.17, 15) is 14.7 Å². The van der Waals surface area contributed by atoms with Crippen LogP contribution in [0.4, 0.5) is 5.69 Å². The number of halogens is 1. The van der Waals surface area contributed by atoms with Crippen LogP contribution in [0.1, 0.15) is 47.3 Å². The van der Waals surface area contributed by atoms with Crippen LogP contribution in [0.5, 0.6) is 0 Å². The molecule has 1 atom stereocenters. The molecule has 0 aliphatic carbocycles. The number of nitrogens with one attached hydrogen (secondary N) is 1. The number of aromatic nitrogens is 1. The summed E-state index contributed by atoms with van der Waals surface area (Å²) >= 11 is 5.85.